The van der Waals surface area contributed by atoms with Gasteiger partial charge in [-0.25, -0.2) is 9.59 Å². The highest BCUT2D eigenvalue weighted by Crippen LogP contribution is 2.24. The van der Waals surface area contributed by atoms with Gasteiger partial charge in [-0.1, -0.05) is 13.3 Å². The Kier molecular flexibility index (Phi) is 4.67. The Bertz CT molecular complexity index is 544. The molecule has 2 amide bonds. The lowest BCUT2D eigenvalue weighted by molar-refractivity contribution is 0.0697. The van der Waals surface area contributed by atoms with E-state index in [0.717, 1.165) is 25.3 Å². The van der Waals surface area contributed by atoms with Crippen LogP contribution in [0.1, 0.15) is 36.5 Å². The number of likely N-dealkylation sites (tertiary alicyclic amines) is 1. The van der Waals surface area contributed by atoms with E-state index in [1.54, 1.807) is 4.90 Å². The molecule has 1 saturated heterocycles. The normalized spacial score (nSPS) is 17.8. The van der Waals surface area contributed by atoms with Crippen molar-refractivity contribution in [2.75, 3.05) is 18.4 Å². The first-order valence-corrected chi connectivity index (χ1v) is 7.13. The van der Waals surface area contributed by atoms with E-state index in [4.69, 9.17) is 5.11 Å². The van der Waals surface area contributed by atoms with E-state index >= 15 is 0 Å². The Balaban J connectivity index is 2.05. The number of hydrogen-bond donors (Lipinski definition) is 3. The maximum Gasteiger partial charge on any atom is 0.337 e. The van der Waals surface area contributed by atoms with Crippen LogP contribution < -0.4 is 5.32 Å². The minimum atomic E-state index is -1.19. The number of aromatic hydroxyl groups is 1. The van der Waals surface area contributed by atoms with Gasteiger partial charge in [0.05, 0.1) is 11.3 Å². The number of carbonyl (C=O) groups is 2. The van der Waals surface area contributed by atoms with Crippen molar-refractivity contribution in [1.82, 2.24) is 4.90 Å². The van der Waals surface area contributed by atoms with Crippen LogP contribution in [0.3, 0.4) is 0 Å². The number of nitrogens with one attached hydrogen (secondary N) is 1. The molecule has 0 aromatic heterocycles. The molecule has 1 aliphatic rings. The Morgan fingerprint density at radius 2 is 2.19 bits per heavy atom. The van der Waals surface area contributed by atoms with E-state index in [1.165, 1.54) is 12.1 Å². The van der Waals surface area contributed by atoms with Gasteiger partial charge >= 0.3 is 12.0 Å². The smallest absolute Gasteiger partial charge is 0.337 e. The van der Waals surface area contributed by atoms with E-state index in [0.29, 0.717) is 19.0 Å². The van der Waals surface area contributed by atoms with Crippen molar-refractivity contribution in [3.05, 3.63) is 23.8 Å². The third-order valence-electron chi connectivity index (χ3n) is 3.75. The third-order valence-corrected chi connectivity index (χ3v) is 3.75. The molecule has 6 heteroatoms. The Morgan fingerprint density at radius 1 is 1.43 bits per heavy atom. The van der Waals surface area contributed by atoms with E-state index in [9.17, 15) is 14.7 Å². The van der Waals surface area contributed by atoms with Gasteiger partial charge < -0.3 is 20.4 Å². The number of aromatic carboxylic acids is 1. The summed E-state index contributed by atoms with van der Waals surface area (Å²) in [6.45, 7) is 3.52. The molecule has 6 nitrogen and oxygen atoms in total. The zero-order valence-electron chi connectivity index (χ0n) is 12.0. The summed E-state index contributed by atoms with van der Waals surface area (Å²) in [4.78, 5) is 25.0. The summed E-state index contributed by atoms with van der Waals surface area (Å²) in [6.07, 6.45) is 3.19. The van der Waals surface area contributed by atoms with Crippen molar-refractivity contribution in [2.24, 2.45) is 5.92 Å². The molecule has 114 valence electrons. The lowest BCUT2D eigenvalue weighted by Crippen LogP contribution is -2.33. The van der Waals surface area contributed by atoms with Crippen LogP contribution in [0, 0.1) is 5.92 Å². The van der Waals surface area contributed by atoms with E-state index in [1.807, 2.05) is 0 Å². The van der Waals surface area contributed by atoms with Crippen molar-refractivity contribution in [1.29, 1.82) is 0 Å². The minimum Gasteiger partial charge on any atom is -0.508 e. The number of nitrogens with zero attached hydrogens (tertiary/aromatic N) is 1. The number of urea groups is 1. The molecule has 21 heavy (non-hydrogen) atoms. The zero-order chi connectivity index (χ0) is 15.4. The number of carbonyl (C=O) groups excluding carboxylic acids is 1. The highest BCUT2D eigenvalue weighted by molar-refractivity contribution is 6.00. The summed E-state index contributed by atoms with van der Waals surface area (Å²) >= 11 is 0. The summed E-state index contributed by atoms with van der Waals surface area (Å²) in [5, 5.41) is 21.1. The number of amides is 2. The van der Waals surface area contributed by atoms with Gasteiger partial charge in [-0.3, -0.25) is 0 Å². The monoisotopic (exact) mass is 292 g/mol. The van der Waals surface area contributed by atoms with Gasteiger partial charge in [0.25, 0.3) is 0 Å². The molecule has 0 radical (unpaired) electrons. The molecular weight excluding hydrogens is 272 g/mol. The van der Waals surface area contributed by atoms with Crippen LogP contribution in [0.25, 0.3) is 0 Å². The van der Waals surface area contributed by atoms with E-state index < -0.39 is 5.97 Å². The molecule has 0 bridgehead atoms. The average Bonchev–Trinajstić information content (AvgIpc) is 2.89. The molecule has 1 aromatic carbocycles. The second-order valence-corrected chi connectivity index (χ2v) is 5.35. The van der Waals surface area contributed by atoms with E-state index in [2.05, 4.69) is 12.2 Å². The van der Waals surface area contributed by atoms with Gasteiger partial charge in [-0.15, -0.1) is 0 Å². The molecule has 0 saturated carbocycles. The molecular formula is C15H20N2O4. The number of benzene rings is 1. The van der Waals surface area contributed by atoms with Gasteiger partial charge in [0, 0.05) is 13.1 Å². The fourth-order valence-electron chi connectivity index (χ4n) is 2.67. The largest absolute Gasteiger partial charge is 0.508 e. The lowest BCUT2D eigenvalue weighted by atomic mass is 10.0. The first kappa shape index (κ1) is 15.2. The minimum absolute atomic E-state index is 0.118. The zero-order valence-corrected chi connectivity index (χ0v) is 12.0. The lowest BCUT2D eigenvalue weighted by Gasteiger charge is -2.18. The number of carboxylic acid groups (broad SMARTS) is 1. The maximum absolute atomic E-state index is 12.2. The Labute approximate surface area is 123 Å². The van der Waals surface area contributed by atoms with Crippen LogP contribution >= 0.6 is 0 Å². The highest BCUT2D eigenvalue weighted by Gasteiger charge is 2.26. The molecule has 2 rings (SSSR count). The van der Waals surface area contributed by atoms with Crippen LogP contribution in [0.4, 0.5) is 10.5 Å². The predicted molar refractivity (Wildman–Crippen MR) is 78.7 cm³/mol. The Hall–Kier alpha value is -2.24. The van der Waals surface area contributed by atoms with Crippen molar-refractivity contribution >= 4 is 17.7 Å². The first-order valence-electron chi connectivity index (χ1n) is 7.13. The van der Waals surface area contributed by atoms with Crippen LogP contribution in [0.2, 0.25) is 0 Å². The van der Waals surface area contributed by atoms with Crippen molar-refractivity contribution in [3.8, 4) is 5.75 Å². The highest BCUT2D eigenvalue weighted by atomic mass is 16.4. The summed E-state index contributed by atoms with van der Waals surface area (Å²) in [5.74, 6) is -0.805. The molecule has 1 fully saturated rings. The molecule has 0 spiro atoms. The number of rotatable bonds is 4. The molecule has 0 aliphatic carbocycles. The third kappa shape index (κ3) is 3.65. The van der Waals surface area contributed by atoms with Gasteiger partial charge in [-0.05, 0) is 37.0 Å². The van der Waals surface area contributed by atoms with Crippen LogP contribution in [-0.4, -0.2) is 40.2 Å². The number of phenols is 1. The summed E-state index contributed by atoms with van der Waals surface area (Å²) in [7, 11) is 0. The van der Waals surface area contributed by atoms with Gasteiger partial charge in [-0.2, -0.15) is 0 Å². The first-order chi connectivity index (χ1) is 10.0. The van der Waals surface area contributed by atoms with Gasteiger partial charge in [0.2, 0.25) is 0 Å². The summed E-state index contributed by atoms with van der Waals surface area (Å²) in [5.41, 5.74) is 0.0805. The van der Waals surface area contributed by atoms with Crippen molar-refractivity contribution < 1.29 is 19.8 Å². The molecule has 3 N–H and O–H groups in total. The quantitative estimate of drug-likeness (QED) is 0.744. The fourth-order valence-corrected chi connectivity index (χ4v) is 2.67. The molecule has 1 heterocycles. The van der Waals surface area contributed by atoms with Gasteiger partial charge in [0.1, 0.15) is 5.75 Å². The Morgan fingerprint density at radius 3 is 2.86 bits per heavy atom. The SMILES string of the molecule is CCCC1CCN(C(=O)Nc2ccc(O)cc2C(=O)O)C1. The van der Waals surface area contributed by atoms with Crippen molar-refractivity contribution in [2.45, 2.75) is 26.2 Å². The van der Waals surface area contributed by atoms with E-state index in [-0.39, 0.29) is 23.0 Å². The summed E-state index contributed by atoms with van der Waals surface area (Å²) < 4.78 is 0. The fraction of sp³-hybridized carbons (Fsp3) is 0.467. The molecule has 1 aliphatic heterocycles. The standard InChI is InChI=1S/C15H20N2O4/c1-2-3-10-6-7-17(9-10)15(21)16-13-5-4-11(18)8-12(13)14(19)20/h4-5,8,10,18H,2-3,6-7,9H2,1H3,(H,16,21)(H,19,20). The average molecular weight is 292 g/mol. The second kappa shape index (κ2) is 6.47. The predicted octanol–water partition coefficient (Wildman–Crippen LogP) is 2.74. The molecule has 1 unspecified atom stereocenters. The maximum atomic E-state index is 12.2. The van der Waals surface area contributed by atoms with Crippen LogP contribution in [0.15, 0.2) is 18.2 Å². The number of anilines is 1. The second-order valence-electron chi connectivity index (χ2n) is 5.35. The number of phenolic OH excluding ortho intramolecular Hbond substituents is 1. The van der Waals surface area contributed by atoms with Crippen LogP contribution in [-0.2, 0) is 0 Å². The van der Waals surface area contributed by atoms with Crippen molar-refractivity contribution in [3.63, 3.8) is 0 Å². The number of carboxylic acids is 1. The molecule has 1 atom stereocenters. The number of hydrogen-bond acceptors (Lipinski definition) is 3. The van der Waals surface area contributed by atoms with Crippen LogP contribution in [0.5, 0.6) is 5.75 Å². The summed E-state index contributed by atoms with van der Waals surface area (Å²) in [6, 6.07) is 3.59. The topological polar surface area (TPSA) is 89.9 Å². The molecule has 1 aromatic rings. The van der Waals surface area contributed by atoms with Gasteiger partial charge in [0.15, 0.2) is 0 Å².